The Balaban J connectivity index is 1.30. The Morgan fingerprint density at radius 2 is 1.83 bits per heavy atom. The molecule has 0 N–H and O–H groups in total. The van der Waals surface area contributed by atoms with Gasteiger partial charge >= 0.3 is 6.09 Å². The predicted octanol–water partition coefficient (Wildman–Crippen LogP) is 5.17. The first kappa shape index (κ1) is 24.6. The first-order valence-corrected chi connectivity index (χ1v) is 13.5. The summed E-state index contributed by atoms with van der Waals surface area (Å²) < 4.78 is 11.4. The molecule has 6 nitrogen and oxygen atoms in total. The molecule has 0 bridgehead atoms. The minimum atomic E-state index is -0.467. The molecule has 4 aliphatic rings. The molecule has 0 unspecified atom stereocenters. The molecule has 1 heterocycles. The Labute approximate surface area is 210 Å². The van der Waals surface area contributed by atoms with Gasteiger partial charge in [-0.1, -0.05) is 13.0 Å². The van der Waals surface area contributed by atoms with Gasteiger partial charge in [-0.3, -0.25) is 9.69 Å². The van der Waals surface area contributed by atoms with Crippen molar-refractivity contribution >= 4 is 11.9 Å². The van der Waals surface area contributed by atoms with E-state index in [4.69, 9.17) is 9.47 Å². The summed E-state index contributed by atoms with van der Waals surface area (Å²) in [4.78, 5) is 29.4. The molecule has 3 aliphatic carbocycles. The van der Waals surface area contributed by atoms with Crippen molar-refractivity contribution in [2.75, 3.05) is 33.3 Å². The van der Waals surface area contributed by atoms with E-state index >= 15 is 0 Å². The smallest absolute Gasteiger partial charge is 0.410 e. The van der Waals surface area contributed by atoms with Gasteiger partial charge in [-0.15, -0.1) is 0 Å². The quantitative estimate of drug-likeness (QED) is 0.595. The van der Waals surface area contributed by atoms with Crippen LogP contribution in [-0.4, -0.2) is 60.6 Å². The van der Waals surface area contributed by atoms with Crippen molar-refractivity contribution in [3.8, 4) is 5.75 Å². The van der Waals surface area contributed by atoms with Gasteiger partial charge in [-0.2, -0.15) is 0 Å². The van der Waals surface area contributed by atoms with Gasteiger partial charge in [0.15, 0.2) is 0 Å². The Morgan fingerprint density at radius 1 is 1.09 bits per heavy atom. The molecule has 4 atom stereocenters. The number of hydrogen-bond donors (Lipinski definition) is 0. The van der Waals surface area contributed by atoms with Gasteiger partial charge in [0.25, 0.3) is 0 Å². The van der Waals surface area contributed by atoms with Crippen molar-refractivity contribution in [2.24, 2.45) is 17.3 Å². The molecule has 6 heteroatoms. The van der Waals surface area contributed by atoms with Crippen LogP contribution in [0.2, 0.25) is 0 Å². The van der Waals surface area contributed by atoms with Gasteiger partial charge in [0, 0.05) is 50.1 Å². The van der Waals surface area contributed by atoms with Gasteiger partial charge in [-0.25, -0.2) is 4.79 Å². The molecule has 2 saturated carbocycles. The summed E-state index contributed by atoms with van der Waals surface area (Å²) >= 11 is 0. The summed E-state index contributed by atoms with van der Waals surface area (Å²) in [6.07, 6.45) is 6.08. The number of rotatable bonds is 3. The molecule has 35 heavy (non-hydrogen) atoms. The summed E-state index contributed by atoms with van der Waals surface area (Å²) in [6, 6.07) is 4.70. The summed E-state index contributed by atoms with van der Waals surface area (Å²) in [7, 11) is 1.77. The molecular weight excluding hydrogens is 440 g/mol. The lowest BCUT2D eigenvalue weighted by Crippen LogP contribution is -2.49. The van der Waals surface area contributed by atoms with Crippen molar-refractivity contribution in [2.45, 2.75) is 84.3 Å². The highest BCUT2D eigenvalue weighted by atomic mass is 16.6. The Bertz CT molecular complexity index is 991. The van der Waals surface area contributed by atoms with Gasteiger partial charge in [0.2, 0.25) is 0 Å². The highest BCUT2D eigenvalue weighted by Crippen LogP contribution is 2.59. The molecule has 1 saturated heterocycles. The second-order valence-corrected chi connectivity index (χ2v) is 12.4. The van der Waals surface area contributed by atoms with Gasteiger partial charge in [0.1, 0.15) is 17.1 Å². The average molecular weight is 483 g/mol. The van der Waals surface area contributed by atoms with E-state index in [0.717, 1.165) is 57.5 Å². The fourth-order valence-corrected chi connectivity index (χ4v) is 7.39. The fourth-order valence-electron chi connectivity index (χ4n) is 7.39. The van der Waals surface area contributed by atoms with Crippen LogP contribution in [-0.2, 0) is 22.5 Å². The van der Waals surface area contributed by atoms with E-state index in [1.165, 1.54) is 23.1 Å². The zero-order valence-electron chi connectivity index (χ0n) is 22.2. The first-order valence-electron chi connectivity index (χ1n) is 13.5. The van der Waals surface area contributed by atoms with Crippen LogP contribution in [0.3, 0.4) is 0 Å². The van der Waals surface area contributed by atoms with Crippen LogP contribution in [0.15, 0.2) is 12.1 Å². The average Bonchev–Trinajstić information content (AvgIpc) is 3.12. The highest BCUT2D eigenvalue weighted by molar-refractivity contribution is 5.87. The van der Waals surface area contributed by atoms with Gasteiger partial charge in [0.05, 0.1) is 7.11 Å². The molecule has 192 valence electrons. The number of fused-ring (bicyclic) bond motifs is 5. The lowest BCUT2D eigenvalue weighted by molar-refractivity contribution is -0.129. The van der Waals surface area contributed by atoms with Crippen molar-refractivity contribution in [3.05, 3.63) is 28.8 Å². The molecule has 1 aromatic carbocycles. The maximum atomic E-state index is 12.7. The largest absolute Gasteiger partial charge is 0.496 e. The van der Waals surface area contributed by atoms with E-state index in [0.29, 0.717) is 36.6 Å². The molecule has 0 radical (unpaired) electrons. The number of Topliss-reactive ketones (excluding diaryl/α,β-unsaturated/α-hetero) is 1. The molecular formula is C29H42N2O4. The number of methoxy groups -OCH3 is 1. The second kappa shape index (κ2) is 9.10. The number of carbonyl (C=O) groups excluding carboxylic acids is 2. The van der Waals surface area contributed by atoms with Crippen molar-refractivity contribution < 1.29 is 19.1 Å². The van der Waals surface area contributed by atoms with Crippen LogP contribution in [0.25, 0.3) is 0 Å². The third-order valence-corrected chi connectivity index (χ3v) is 9.25. The number of ketones is 1. The predicted molar refractivity (Wildman–Crippen MR) is 136 cm³/mol. The number of ether oxygens (including phenoxy) is 2. The van der Waals surface area contributed by atoms with Crippen LogP contribution < -0.4 is 4.74 Å². The van der Waals surface area contributed by atoms with Crippen molar-refractivity contribution in [1.82, 2.24) is 9.80 Å². The van der Waals surface area contributed by atoms with Crippen molar-refractivity contribution in [3.63, 3.8) is 0 Å². The highest BCUT2D eigenvalue weighted by Gasteiger charge is 2.54. The minimum Gasteiger partial charge on any atom is -0.496 e. The van der Waals surface area contributed by atoms with E-state index in [9.17, 15) is 9.59 Å². The topological polar surface area (TPSA) is 59.1 Å². The standard InChI is InChI=1S/C29H42N2O4/c1-28(2,3)35-27(33)31-14-12-30(13-15-31)18-20-16-23-19(17-25(20)34-5)6-7-22-21(23)10-11-29(4)24(22)8-9-26(29)32/h16-17,21-22,24H,6-15,18H2,1-5H3/t21-,22+,24-,29-/m0/s1. The third-order valence-electron chi connectivity index (χ3n) is 9.25. The van der Waals surface area contributed by atoms with Gasteiger partial charge < -0.3 is 14.4 Å². The summed E-state index contributed by atoms with van der Waals surface area (Å²) in [5.74, 6) is 3.23. The number of piperazine rings is 1. The molecule has 1 amide bonds. The number of aryl methyl sites for hydroxylation is 1. The normalized spacial score (nSPS) is 30.9. The first-order chi connectivity index (χ1) is 16.6. The number of hydrogen-bond acceptors (Lipinski definition) is 5. The number of benzene rings is 1. The van der Waals surface area contributed by atoms with Gasteiger partial charge in [-0.05, 0) is 87.8 Å². The minimum absolute atomic E-state index is 0.0816. The fraction of sp³-hybridized carbons (Fsp3) is 0.724. The molecule has 5 rings (SSSR count). The van der Waals surface area contributed by atoms with E-state index in [2.05, 4.69) is 24.0 Å². The second-order valence-electron chi connectivity index (χ2n) is 12.4. The van der Waals surface area contributed by atoms with E-state index in [1.54, 1.807) is 7.11 Å². The Kier molecular flexibility index (Phi) is 6.40. The number of amides is 1. The maximum Gasteiger partial charge on any atom is 0.410 e. The summed E-state index contributed by atoms with van der Waals surface area (Å²) in [6.45, 7) is 11.8. The van der Waals surface area contributed by atoms with E-state index < -0.39 is 5.60 Å². The van der Waals surface area contributed by atoms with Crippen LogP contribution in [0, 0.1) is 17.3 Å². The SMILES string of the molecule is COc1cc2c(cc1CN1CCN(C(=O)OC(C)(C)C)CC1)[C@H]1CC[C@]3(C)C(=O)CC[C@H]3[C@@H]1CC2. The summed E-state index contributed by atoms with van der Waals surface area (Å²) in [5, 5.41) is 0. The zero-order valence-corrected chi connectivity index (χ0v) is 22.2. The third kappa shape index (κ3) is 4.59. The Hall–Kier alpha value is -2.08. The maximum absolute atomic E-state index is 12.7. The number of nitrogens with zero attached hydrogens (tertiary/aromatic N) is 2. The Morgan fingerprint density at radius 3 is 2.51 bits per heavy atom. The van der Waals surface area contributed by atoms with E-state index in [-0.39, 0.29) is 11.5 Å². The molecule has 0 spiro atoms. The van der Waals surface area contributed by atoms with Crippen LogP contribution >= 0.6 is 0 Å². The molecule has 1 aliphatic heterocycles. The monoisotopic (exact) mass is 482 g/mol. The molecule has 1 aromatic rings. The zero-order chi connectivity index (χ0) is 25.0. The number of carbonyl (C=O) groups is 2. The summed E-state index contributed by atoms with van der Waals surface area (Å²) in [5.41, 5.74) is 3.64. The lowest BCUT2D eigenvalue weighted by Gasteiger charge is -2.48. The molecule has 3 fully saturated rings. The van der Waals surface area contributed by atoms with Crippen LogP contribution in [0.5, 0.6) is 5.75 Å². The van der Waals surface area contributed by atoms with Crippen LogP contribution in [0.4, 0.5) is 4.79 Å². The molecule has 0 aromatic heterocycles. The van der Waals surface area contributed by atoms with Crippen molar-refractivity contribution in [1.29, 1.82) is 0 Å². The lowest BCUT2D eigenvalue weighted by atomic mass is 9.55. The van der Waals surface area contributed by atoms with Crippen LogP contribution in [0.1, 0.15) is 82.4 Å². The van der Waals surface area contributed by atoms with E-state index in [1.807, 2.05) is 25.7 Å².